The van der Waals surface area contributed by atoms with Crippen LogP contribution in [0.1, 0.15) is 32.4 Å². The number of oxazole rings is 1. The first kappa shape index (κ1) is 13.7. The molecule has 0 fully saturated rings. The molecule has 0 saturated carbocycles. The average molecular weight is 262 g/mol. The topological polar surface area (TPSA) is 38.1 Å². The zero-order chi connectivity index (χ0) is 13.7. The molecular formula is C15H19FN2O. The minimum atomic E-state index is -0.259. The molecule has 0 bridgehead atoms. The van der Waals surface area contributed by atoms with Crippen molar-refractivity contribution in [2.45, 2.75) is 39.3 Å². The molecule has 2 rings (SSSR count). The highest BCUT2D eigenvalue weighted by Gasteiger charge is 2.07. The molecule has 0 saturated heterocycles. The fourth-order valence-corrected chi connectivity index (χ4v) is 1.93. The van der Waals surface area contributed by atoms with Gasteiger partial charge in [0.05, 0.1) is 5.69 Å². The predicted molar refractivity (Wildman–Crippen MR) is 73.1 cm³/mol. The highest BCUT2D eigenvalue weighted by molar-refractivity contribution is 5.52. The molecule has 0 amide bonds. The number of hydrogen-bond donors (Lipinski definition) is 1. The minimum Gasteiger partial charge on any atom is -0.444 e. The molecule has 2 aromatic rings. The summed E-state index contributed by atoms with van der Waals surface area (Å²) in [7, 11) is 0. The first-order chi connectivity index (χ1) is 9.19. The molecule has 1 heterocycles. The van der Waals surface area contributed by atoms with E-state index in [1.807, 2.05) is 0 Å². The Hall–Kier alpha value is -1.68. The van der Waals surface area contributed by atoms with Gasteiger partial charge in [0.15, 0.2) is 0 Å². The van der Waals surface area contributed by atoms with Crippen molar-refractivity contribution in [3.63, 3.8) is 0 Å². The number of hydrogen-bond acceptors (Lipinski definition) is 3. The SMILES string of the molecule is CCCC(C)NCc1coc(-c2ccc(F)cc2)n1. The van der Waals surface area contributed by atoms with E-state index in [1.165, 1.54) is 12.1 Å². The average Bonchev–Trinajstić information content (AvgIpc) is 2.86. The summed E-state index contributed by atoms with van der Waals surface area (Å²) in [6, 6.07) is 6.61. The maximum atomic E-state index is 12.8. The Bertz CT molecular complexity index is 507. The maximum absolute atomic E-state index is 12.8. The first-order valence-electron chi connectivity index (χ1n) is 6.62. The van der Waals surface area contributed by atoms with Crippen LogP contribution >= 0.6 is 0 Å². The molecule has 4 heteroatoms. The van der Waals surface area contributed by atoms with Gasteiger partial charge in [-0.3, -0.25) is 0 Å². The van der Waals surface area contributed by atoms with Gasteiger partial charge in [-0.2, -0.15) is 0 Å². The Balaban J connectivity index is 1.97. The molecule has 0 aliphatic carbocycles. The molecule has 1 N–H and O–H groups in total. The van der Waals surface area contributed by atoms with Crippen LogP contribution in [0.2, 0.25) is 0 Å². The second-order valence-corrected chi connectivity index (χ2v) is 4.72. The second-order valence-electron chi connectivity index (χ2n) is 4.72. The van der Waals surface area contributed by atoms with E-state index >= 15 is 0 Å². The van der Waals surface area contributed by atoms with Crippen molar-refractivity contribution in [1.29, 1.82) is 0 Å². The molecule has 19 heavy (non-hydrogen) atoms. The second kappa shape index (κ2) is 6.48. The van der Waals surface area contributed by atoms with Crippen LogP contribution in [-0.4, -0.2) is 11.0 Å². The smallest absolute Gasteiger partial charge is 0.226 e. The number of nitrogens with one attached hydrogen (secondary N) is 1. The van der Waals surface area contributed by atoms with Gasteiger partial charge in [-0.05, 0) is 37.6 Å². The van der Waals surface area contributed by atoms with Gasteiger partial charge in [0.2, 0.25) is 5.89 Å². The number of aromatic nitrogens is 1. The molecule has 3 nitrogen and oxygen atoms in total. The highest BCUT2D eigenvalue weighted by Crippen LogP contribution is 2.18. The van der Waals surface area contributed by atoms with Crippen LogP contribution < -0.4 is 5.32 Å². The third-order valence-corrected chi connectivity index (χ3v) is 3.00. The van der Waals surface area contributed by atoms with E-state index < -0.39 is 0 Å². The van der Waals surface area contributed by atoms with Crippen LogP contribution in [0.4, 0.5) is 4.39 Å². The van der Waals surface area contributed by atoms with Crippen LogP contribution in [0.25, 0.3) is 11.5 Å². The van der Waals surface area contributed by atoms with Gasteiger partial charge in [0.1, 0.15) is 12.1 Å². The minimum absolute atomic E-state index is 0.259. The third kappa shape index (κ3) is 3.89. The van der Waals surface area contributed by atoms with Crippen LogP contribution in [-0.2, 0) is 6.54 Å². The van der Waals surface area contributed by atoms with E-state index in [0.29, 0.717) is 18.5 Å². The van der Waals surface area contributed by atoms with Gasteiger partial charge in [0.25, 0.3) is 0 Å². The van der Waals surface area contributed by atoms with Gasteiger partial charge in [-0.15, -0.1) is 0 Å². The Morgan fingerprint density at radius 3 is 2.74 bits per heavy atom. The van der Waals surface area contributed by atoms with Crippen molar-refractivity contribution in [3.8, 4) is 11.5 Å². The molecule has 102 valence electrons. The molecule has 0 aliphatic heterocycles. The zero-order valence-electron chi connectivity index (χ0n) is 11.3. The Morgan fingerprint density at radius 1 is 1.32 bits per heavy atom. The fourth-order valence-electron chi connectivity index (χ4n) is 1.93. The van der Waals surface area contributed by atoms with Crippen molar-refractivity contribution >= 4 is 0 Å². The molecule has 0 radical (unpaired) electrons. The van der Waals surface area contributed by atoms with Crippen LogP contribution in [0.3, 0.4) is 0 Å². The van der Waals surface area contributed by atoms with Crippen molar-refractivity contribution in [2.24, 2.45) is 0 Å². The summed E-state index contributed by atoms with van der Waals surface area (Å²) in [6.07, 6.45) is 3.95. The Labute approximate surface area is 112 Å². The summed E-state index contributed by atoms with van der Waals surface area (Å²) in [4.78, 5) is 4.39. The summed E-state index contributed by atoms with van der Waals surface area (Å²) in [6.45, 7) is 5.01. The molecular weight excluding hydrogens is 243 g/mol. The molecule has 1 unspecified atom stereocenters. The maximum Gasteiger partial charge on any atom is 0.226 e. The van der Waals surface area contributed by atoms with Crippen LogP contribution in [0, 0.1) is 5.82 Å². The van der Waals surface area contributed by atoms with Gasteiger partial charge >= 0.3 is 0 Å². The summed E-state index contributed by atoms with van der Waals surface area (Å²) in [5, 5.41) is 3.39. The number of halogens is 1. The normalized spacial score (nSPS) is 12.6. The lowest BCUT2D eigenvalue weighted by atomic mass is 10.2. The van der Waals surface area contributed by atoms with Gasteiger partial charge < -0.3 is 9.73 Å². The number of rotatable bonds is 6. The van der Waals surface area contributed by atoms with Crippen molar-refractivity contribution < 1.29 is 8.81 Å². The summed E-state index contributed by atoms with van der Waals surface area (Å²) >= 11 is 0. The van der Waals surface area contributed by atoms with Crippen LogP contribution in [0.15, 0.2) is 34.9 Å². The predicted octanol–water partition coefficient (Wildman–Crippen LogP) is 3.76. The number of benzene rings is 1. The quantitative estimate of drug-likeness (QED) is 0.861. The fraction of sp³-hybridized carbons (Fsp3) is 0.400. The monoisotopic (exact) mass is 262 g/mol. The van der Waals surface area contributed by atoms with Gasteiger partial charge in [-0.25, -0.2) is 9.37 Å². The summed E-state index contributed by atoms with van der Waals surface area (Å²) < 4.78 is 18.2. The van der Waals surface area contributed by atoms with E-state index in [1.54, 1.807) is 18.4 Å². The van der Waals surface area contributed by atoms with Crippen molar-refractivity contribution in [3.05, 3.63) is 42.0 Å². The van der Waals surface area contributed by atoms with Crippen molar-refractivity contribution in [2.75, 3.05) is 0 Å². The van der Waals surface area contributed by atoms with Gasteiger partial charge in [0, 0.05) is 18.2 Å². The Morgan fingerprint density at radius 2 is 2.05 bits per heavy atom. The standard InChI is InChI=1S/C15H19FN2O/c1-3-4-11(2)17-9-14-10-19-15(18-14)12-5-7-13(16)8-6-12/h5-8,10-11,17H,3-4,9H2,1-2H3. The van der Waals surface area contributed by atoms with E-state index in [-0.39, 0.29) is 5.82 Å². The largest absolute Gasteiger partial charge is 0.444 e. The highest BCUT2D eigenvalue weighted by atomic mass is 19.1. The molecule has 1 atom stereocenters. The summed E-state index contributed by atoms with van der Waals surface area (Å²) in [5.41, 5.74) is 1.65. The van der Waals surface area contributed by atoms with E-state index in [0.717, 1.165) is 24.1 Å². The van der Waals surface area contributed by atoms with Crippen molar-refractivity contribution in [1.82, 2.24) is 10.3 Å². The number of nitrogens with zero attached hydrogens (tertiary/aromatic N) is 1. The molecule has 0 aliphatic rings. The molecule has 1 aromatic heterocycles. The lowest BCUT2D eigenvalue weighted by molar-refractivity contribution is 0.502. The summed E-state index contributed by atoms with van der Waals surface area (Å²) in [5.74, 6) is 0.269. The van der Waals surface area contributed by atoms with E-state index in [2.05, 4.69) is 24.1 Å². The molecule has 1 aromatic carbocycles. The molecule has 0 spiro atoms. The third-order valence-electron chi connectivity index (χ3n) is 3.00. The lowest BCUT2D eigenvalue weighted by Crippen LogP contribution is -2.25. The van der Waals surface area contributed by atoms with Gasteiger partial charge in [-0.1, -0.05) is 13.3 Å². The van der Waals surface area contributed by atoms with E-state index in [9.17, 15) is 4.39 Å². The lowest BCUT2D eigenvalue weighted by Gasteiger charge is -2.10. The Kier molecular flexibility index (Phi) is 4.68. The van der Waals surface area contributed by atoms with Crippen LogP contribution in [0.5, 0.6) is 0 Å². The zero-order valence-corrected chi connectivity index (χ0v) is 11.3. The first-order valence-corrected chi connectivity index (χ1v) is 6.62. The van der Waals surface area contributed by atoms with E-state index in [4.69, 9.17) is 4.42 Å².